The van der Waals surface area contributed by atoms with Crippen molar-refractivity contribution in [3.63, 3.8) is 0 Å². The number of hydrogen-bond donors (Lipinski definition) is 1. The lowest BCUT2D eigenvalue weighted by Crippen LogP contribution is -2.10. The number of aliphatic hydroxyl groups is 1. The first kappa shape index (κ1) is 11.8. The van der Waals surface area contributed by atoms with Gasteiger partial charge in [0.2, 0.25) is 0 Å². The minimum Gasteiger partial charge on any atom is -0.382 e. The highest BCUT2D eigenvalue weighted by Gasteiger charge is 2.14. The fourth-order valence-corrected chi connectivity index (χ4v) is 1.79. The highest BCUT2D eigenvalue weighted by atomic mass is 19.1. The number of hydrogen-bond acceptors (Lipinski definition) is 2. The number of nitrogens with zero attached hydrogens (tertiary/aromatic N) is 2. The first-order valence-electron chi connectivity index (χ1n) is 5.67. The van der Waals surface area contributed by atoms with E-state index in [1.165, 1.54) is 12.1 Å². The Labute approximate surface area is 99.5 Å². The van der Waals surface area contributed by atoms with E-state index in [4.69, 9.17) is 0 Å². The molecule has 2 rings (SSSR count). The van der Waals surface area contributed by atoms with E-state index in [0.29, 0.717) is 5.56 Å². The number of halogens is 1. The molecule has 17 heavy (non-hydrogen) atoms. The zero-order valence-corrected chi connectivity index (χ0v) is 9.68. The van der Waals surface area contributed by atoms with Gasteiger partial charge in [-0.2, -0.15) is 5.10 Å². The van der Waals surface area contributed by atoms with Crippen molar-refractivity contribution in [2.24, 2.45) is 0 Å². The molecule has 0 saturated carbocycles. The van der Waals surface area contributed by atoms with E-state index in [2.05, 4.69) is 12.0 Å². The lowest BCUT2D eigenvalue weighted by Gasteiger charge is -2.13. The lowest BCUT2D eigenvalue weighted by molar-refractivity contribution is 0.207. The summed E-state index contributed by atoms with van der Waals surface area (Å²) >= 11 is 0. The van der Waals surface area contributed by atoms with E-state index >= 15 is 0 Å². The third-order valence-electron chi connectivity index (χ3n) is 2.65. The quantitative estimate of drug-likeness (QED) is 0.882. The Morgan fingerprint density at radius 3 is 2.65 bits per heavy atom. The van der Waals surface area contributed by atoms with Crippen LogP contribution in [-0.2, 0) is 6.54 Å². The number of aliphatic hydroxyl groups excluding tert-OH is 1. The molecule has 4 heteroatoms. The molecule has 0 spiro atoms. The normalized spacial score (nSPS) is 12.6. The van der Waals surface area contributed by atoms with Gasteiger partial charge in [0.25, 0.3) is 0 Å². The summed E-state index contributed by atoms with van der Waals surface area (Å²) in [5.41, 5.74) is 1.41. The predicted molar refractivity (Wildman–Crippen MR) is 63.0 cm³/mol. The molecule has 1 aromatic carbocycles. The van der Waals surface area contributed by atoms with Gasteiger partial charge in [0.05, 0.1) is 5.69 Å². The van der Waals surface area contributed by atoms with Crippen LogP contribution in [0.2, 0.25) is 0 Å². The topological polar surface area (TPSA) is 38.0 Å². The van der Waals surface area contributed by atoms with E-state index in [0.717, 1.165) is 18.7 Å². The summed E-state index contributed by atoms with van der Waals surface area (Å²) in [5.74, 6) is -0.303. The smallest absolute Gasteiger partial charge is 0.123 e. The third kappa shape index (κ3) is 2.53. The Balaban J connectivity index is 2.26. The molecule has 0 aliphatic rings. The van der Waals surface area contributed by atoms with Crippen molar-refractivity contribution >= 4 is 0 Å². The average Bonchev–Trinajstić information content (AvgIpc) is 2.78. The molecule has 90 valence electrons. The maximum Gasteiger partial charge on any atom is 0.123 e. The Bertz CT molecular complexity index is 478. The maximum atomic E-state index is 12.8. The summed E-state index contributed by atoms with van der Waals surface area (Å²) in [6, 6.07) is 7.65. The van der Waals surface area contributed by atoms with Gasteiger partial charge in [-0.05, 0) is 30.2 Å². The number of aromatic nitrogens is 2. The van der Waals surface area contributed by atoms with Gasteiger partial charge in [0.1, 0.15) is 11.9 Å². The Morgan fingerprint density at radius 2 is 2.00 bits per heavy atom. The molecule has 0 bridgehead atoms. The van der Waals surface area contributed by atoms with Crippen molar-refractivity contribution < 1.29 is 9.50 Å². The van der Waals surface area contributed by atoms with Crippen molar-refractivity contribution in [1.29, 1.82) is 0 Å². The average molecular weight is 234 g/mol. The maximum absolute atomic E-state index is 12.8. The van der Waals surface area contributed by atoms with Gasteiger partial charge in [-0.1, -0.05) is 19.1 Å². The van der Waals surface area contributed by atoms with Crippen LogP contribution in [0, 0.1) is 5.82 Å². The molecule has 0 aliphatic carbocycles. The van der Waals surface area contributed by atoms with E-state index in [9.17, 15) is 9.50 Å². The third-order valence-corrected chi connectivity index (χ3v) is 2.65. The predicted octanol–water partition coefficient (Wildman–Crippen LogP) is 2.51. The SMILES string of the molecule is CCCn1nccc1C(O)c1ccc(F)cc1. The monoisotopic (exact) mass is 234 g/mol. The van der Waals surface area contributed by atoms with E-state index in [1.54, 1.807) is 29.1 Å². The van der Waals surface area contributed by atoms with Crippen molar-refractivity contribution in [2.75, 3.05) is 0 Å². The largest absolute Gasteiger partial charge is 0.382 e. The summed E-state index contributed by atoms with van der Waals surface area (Å²) in [6.45, 7) is 2.82. The minimum absolute atomic E-state index is 0.303. The number of benzene rings is 1. The summed E-state index contributed by atoms with van der Waals surface area (Å²) in [6.07, 6.45) is 1.85. The first-order chi connectivity index (χ1) is 8.22. The zero-order chi connectivity index (χ0) is 12.3. The second kappa shape index (κ2) is 5.10. The van der Waals surface area contributed by atoms with Gasteiger partial charge in [-0.3, -0.25) is 4.68 Å². The molecule has 1 atom stereocenters. The molecule has 0 fully saturated rings. The van der Waals surface area contributed by atoms with Crippen molar-refractivity contribution in [3.8, 4) is 0 Å². The summed E-state index contributed by atoms with van der Waals surface area (Å²) in [4.78, 5) is 0. The molecule has 0 aliphatic heterocycles. The van der Waals surface area contributed by atoms with Gasteiger partial charge in [-0.15, -0.1) is 0 Å². The Morgan fingerprint density at radius 1 is 1.29 bits per heavy atom. The first-order valence-corrected chi connectivity index (χ1v) is 5.67. The van der Waals surface area contributed by atoms with Crippen molar-refractivity contribution in [2.45, 2.75) is 26.0 Å². The highest BCUT2D eigenvalue weighted by Crippen LogP contribution is 2.21. The standard InChI is InChI=1S/C13H15FN2O/c1-2-9-16-12(7-8-15-16)13(17)10-3-5-11(14)6-4-10/h3-8,13,17H,2,9H2,1H3. The molecule has 0 radical (unpaired) electrons. The van der Waals surface area contributed by atoms with Crippen LogP contribution in [-0.4, -0.2) is 14.9 Å². The van der Waals surface area contributed by atoms with Crippen LogP contribution in [0.5, 0.6) is 0 Å². The molecule has 2 aromatic rings. The van der Waals surface area contributed by atoms with Crippen LogP contribution in [0.4, 0.5) is 4.39 Å². The highest BCUT2D eigenvalue weighted by molar-refractivity contribution is 5.25. The van der Waals surface area contributed by atoms with Crippen LogP contribution < -0.4 is 0 Å². The minimum atomic E-state index is -0.760. The Kier molecular flexibility index (Phi) is 3.54. The summed E-state index contributed by atoms with van der Waals surface area (Å²) in [7, 11) is 0. The molecular weight excluding hydrogens is 219 g/mol. The fourth-order valence-electron chi connectivity index (χ4n) is 1.79. The van der Waals surface area contributed by atoms with Gasteiger partial charge >= 0.3 is 0 Å². The second-order valence-electron chi connectivity index (χ2n) is 3.93. The lowest BCUT2D eigenvalue weighted by atomic mass is 10.1. The van der Waals surface area contributed by atoms with Crippen LogP contribution in [0.25, 0.3) is 0 Å². The van der Waals surface area contributed by atoms with Crippen LogP contribution in [0.15, 0.2) is 36.5 Å². The van der Waals surface area contributed by atoms with Crippen molar-refractivity contribution in [3.05, 3.63) is 53.6 Å². The van der Waals surface area contributed by atoms with Crippen LogP contribution >= 0.6 is 0 Å². The molecular formula is C13H15FN2O. The number of rotatable bonds is 4. The number of aryl methyl sites for hydroxylation is 1. The molecule has 1 heterocycles. The molecule has 0 amide bonds. The van der Waals surface area contributed by atoms with Gasteiger partial charge in [0.15, 0.2) is 0 Å². The molecule has 1 N–H and O–H groups in total. The molecule has 3 nitrogen and oxygen atoms in total. The van der Waals surface area contributed by atoms with Gasteiger partial charge in [-0.25, -0.2) is 4.39 Å². The zero-order valence-electron chi connectivity index (χ0n) is 9.68. The van der Waals surface area contributed by atoms with E-state index in [1.807, 2.05) is 0 Å². The molecule has 0 saturated heterocycles. The van der Waals surface area contributed by atoms with E-state index < -0.39 is 6.10 Å². The van der Waals surface area contributed by atoms with Gasteiger partial charge < -0.3 is 5.11 Å². The summed E-state index contributed by atoms with van der Waals surface area (Å²) < 4.78 is 14.6. The summed E-state index contributed by atoms with van der Waals surface area (Å²) in [5, 5.41) is 14.3. The van der Waals surface area contributed by atoms with Crippen LogP contribution in [0.1, 0.15) is 30.7 Å². The molecule has 1 aromatic heterocycles. The second-order valence-corrected chi connectivity index (χ2v) is 3.93. The van der Waals surface area contributed by atoms with E-state index in [-0.39, 0.29) is 5.82 Å². The van der Waals surface area contributed by atoms with Crippen molar-refractivity contribution in [1.82, 2.24) is 9.78 Å². The fraction of sp³-hybridized carbons (Fsp3) is 0.308. The van der Waals surface area contributed by atoms with Crippen LogP contribution in [0.3, 0.4) is 0 Å². The van der Waals surface area contributed by atoms with Gasteiger partial charge in [0, 0.05) is 12.7 Å². The molecule has 1 unspecified atom stereocenters. The Hall–Kier alpha value is -1.68.